The van der Waals surface area contributed by atoms with Crippen LogP contribution in [-0.4, -0.2) is 24.0 Å². The molecular formula is C14H22ClNOS. The smallest absolute Gasteiger partial charge is 0.0464 e. The van der Waals surface area contributed by atoms with Crippen LogP contribution in [0.3, 0.4) is 0 Å². The molecule has 1 aromatic carbocycles. The number of aliphatic hydroxyl groups is 1. The van der Waals surface area contributed by atoms with Crippen LogP contribution in [0.15, 0.2) is 23.1 Å². The Kier molecular flexibility index (Phi) is 7.75. The van der Waals surface area contributed by atoms with E-state index in [0.717, 1.165) is 30.3 Å². The quantitative estimate of drug-likeness (QED) is 0.566. The zero-order chi connectivity index (χ0) is 13.4. The van der Waals surface area contributed by atoms with E-state index in [4.69, 9.17) is 16.7 Å². The number of hydrogen-bond acceptors (Lipinski definition) is 3. The van der Waals surface area contributed by atoms with Crippen LogP contribution in [0.4, 0.5) is 0 Å². The SMILES string of the molecule is CCCNCc1ccc(Cl)cc1SCC(C)CO. The van der Waals surface area contributed by atoms with Gasteiger partial charge in [0.15, 0.2) is 0 Å². The molecule has 1 atom stereocenters. The molecule has 0 fully saturated rings. The van der Waals surface area contributed by atoms with E-state index in [1.54, 1.807) is 11.8 Å². The lowest BCUT2D eigenvalue weighted by Crippen LogP contribution is -2.14. The van der Waals surface area contributed by atoms with Gasteiger partial charge in [-0.25, -0.2) is 0 Å². The first-order valence-corrected chi connectivity index (χ1v) is 7.76. The van der Waals surface area contributed by atoms with Gasteiger partial charge in [-0.1, -0.05) is 31.5 Å². The van der Waals surface area contributed by atoms with Crippen LogP contribution in [0.5, 0.6) is 0 Å². The monoisotopic (exact) mass is 287 g/mol. The number of benzene rings is 1. The first-order valence-electron chi connectivity index (χ1n) is 6.40. The Hall–Kier alpha value is -0.220. The second kappa shape index (κ2) is 8.81. The van der Waals surface area contributed by atoms with Crippen molar-refractivity contribution in [3.8, 4) is 0 Å². The maximum Gasteiger partial charge on any atom is 0.0464 e. The van der Waals surface area contributed by atoms with Gasteiger partial charge in [0.2, 0.25) is 0 Å². The summed E-state index contributed by atoms with van der Waals surface area (Å²) in [5.74, 6) is 1.22. The molecule has 0 aliphatic heterocycles. The molecule has 0 radical (unpaired) electrons. The van der Waals surface area contributed by atoms with Gasteiger partial charge in [-0.15, -0.1) is 11.8 Å². The van der Waals surface area contributed by atoms with Crippen LogP contribution in [0.25, 0.3) is 0 Å². The summed E-state index contributed by atoms with van der Waals surface area (Å²) >= 11 is 7.81. The van der Waals surface area contributed by atoms with Gasteiger partial charge in [0.25, 0.3) is 0 Å². The third kappa shape index (κ3) is 5.61. The van der Waals surface area contributed by atoms with Gasteiger partial charge in [0, 0.05) is 28.8 Å². The van der Waals surface area contributed by atoms with Crippen LogP contribution in [-0.2, 0) is 6.54 Å². The summed E-state index contributed by atoms with van der Waals surface area (Å²) in [5.41, 5.74) is 1.28. The van der Waals surface area contributed by atoms with E-state index >= 15 is 0 Å². The fourth-order valence-corrected chi connectivity index (χ4v) is 2.84. The van der Waals surface area contributed by atoms with Gasteiger partial charge in [-0.3, -0.25) is 0 Å². The van der Waals surface area contributed by atoms with Crippen LogP contribution in [0.2, 0.25) is 5.02 Å². The lowest BCUT2D eigenvalue weighted by Gasteiger charge is -2.12. The molecule has 0 spiro atoms. The second-order valence-electron chi connectivity index (χ2n) is 4.53. The highest BCUT2D eigenvalue weighted by molar-refractivity contribution is 7.99. The van der Waals surface area contributed by atoms with Gasteiger partial charge in [0.05, 0.1) is 0 Å². The molecule has 2 N–H and O–H groups in total. The van der Waals surface area contributed by atoms with Gasteiger partial charge >= 0.3 is 0 Å². The predicted octanol–water partition coefficient (Wildman–Crippen LogP) is 3.56. The summed E-state index contributed by atoms with van der Waals surface area (Å²) in [6.07, 6.45) is 1.14. The molecule has 0 amide bonds. The van der Waals surface area contributed by atoms with Crippen molar-refractivity contribution >= 4 is 23.4 Å². The van der Waals surface area contributed by atoms with Crippen molar-refractivity contribution in [3.05, 3.63) is 28.8 Å². The fraction of sp³-hybridized carbons (Fsp3) is 0.571. The maximum atomic E-state index is 9.06. The molecule has 0 bridgehead atoms. The molecule has 4 heteroatoms. The van der Waals surface area contributed by atoms with Crippen molar-refractivity contribution in [2.75, 3.05) is 18.9 Å². The largest absolute Gasteiger partial charge is 0.396 e. The molecule has 0 aliphatic rings. The Morgan fingerprint density at radius 3 is 2.89 bits per heavy atom. The molecule has 0 aliphatic carbocycles. The van der Waals surface area contributed by atoms with Crippen molar-refractivity contribution in [1.29, 1.82) is 0 Å². The van der Waals surface area contributed by atoms with Gasteiger partial charge in [-0.2, -0.15) is 0 Å². The van der Waals surface area contributed by atoms with Crippen LogP contribution in [0, 0.1) is 5.92 Å². The Balaban J connectivity index is 2.64. The third-order valence-electron chi connectivity index (χ3n) is 2.61. The van der Waals surface area contributed by atoms with Gasteiger partial charge in [-0.05, 0) is 36.6 Å². The normalized spacial score (nSPS) is 12.7. The molecule has 0 heterocycles. The molecule has 0 aromatic heterocycles. The lowest BCUT2D eigenvalue weighted by molar-refractivity contribution is 0.250. The third-order valence-corrected chi connectivity index (χ3v) is 4.27. The number of halogens is 1. The standard InChI is InChI=1S/C14H22ClNOS/c1-3-6-16-8-12-4-5-13(15)7-14(12)18-10-11(2)9-17/h4-5,7,11,16-17H,3,6,8-10H2,1-2H3. The van der Waals surface area contributed by atoms with E-state index < -0.39 is 0 Å². The highest BCUT2D eigenvalue weighted by atomic mass is 35.5. The first kappa shape index (κ1) is 15.8. The van der Waals surface area contributed by atoms with E-state index in [1.807, 2.05) is 19.1 Å². The summed E-state index contributed by atoms with van der Waals surface area (Å²) < 4.78 is 0. The molecule has 1 rings (SSSR count). The molecule has 0 saturated heterocycles. The minimum atomic E-state index is 0.233. The van der Waals surface area contributed by atoms with Gasteiger partial charge < -0.3 is 10.4 Å². The molecule has 18 heavy (non-hydrogen) atoms. The maximum absolute atomic E-state index is 9.06. The van der Waals surface area contributed by atoms with Crippen LogP contribution >= 0.6 is 23.4 Å². The van der Waals surface area contributed by atoms with Gasteiger partial charge in [0.1, 0.15) is 0 Å². The predicted molar refractivity (Wildman–Crippen MR) is 80.4 cm³/mol. The number of rotatable bonds is 8. The fourth-order valence-electron chi connectivity index (χ4n) is 1.49. The number of thioether (sulfide) groups is 1. The Labute approximate surface area is 119 Å². The van der Waals surface area contributed by atoms with Crippen molar-refractivity contribution in [2.45, 2.75) is 31.7 Å². The lowest BCUT2D eigenvalue weighted by atomic mass is 10.2. The molecule has 1 aromatic rings. The highest BCUT2D eigenvalue weighted by Crippen LogP contribution is 2.27. The summed E-state index contributed by atoms with van der Waals surface area (Å²) in [5, 5.41) is 13.2. The molecule has 2 nitrogen and oxygen atoms in total. The van der Waals surface area contributed by atoms with Crippen molar-refractivity contribution in [1.82, 2.24) is 5.32 Å². The van der Waals surface area contributed by atoms with Crippen molar-refractivity contribution in [3.63, 3.8) is 0 Å². The molecular weight excluding hydrogens is 266 g/mol. The zero-order valence-corrected chi connectivity index (χ0v) is 12.7. The average molecular weight is 288 g/mol. The molecule has 102 valence electrons. The number of aliphatic hydroxyl groups excluding tert-OH is 1. The Morgan fingerprint density at radius 2 is 2.22 bits per heavy atom. The Morgan fingerprint density at radius 1 is 1.44 bits per heavy atom. The summed E-state index contributed by atoms with van der Waals surface area (Å²) in [6, 6.07) is 6.03. The van der Waals surface area contributed by atoms with E-state index in [9.17, 15) is 0 Å². The van der Waals surface area contributed by atoms with E-state index in [2.05, 4.69) is 18.3 Å². The van der Waals surface area contributed by atoms with Crippen molar-refractivity contribution in [2.24, 2.45) is 5.92 Å². The minimum Gasteiger partial charge on any atom is -0.396 e. The highest BCUT2D eigenvalue weighted by Gasteiger charge is 2.07. The Bertz CT molecular complexity index is 360. The molecule has 0 saturated carbocycles. The summed E-state index contributed by atoms with van der Waals surface area (Å²) in [6.45, 7) is 6.34. The van der Waals surface area contributed by atoms with E-state index in [0.29, 0.717) is 5.92 Å². The molecule has 1 unspecified atom stereocenters. The van der Waals surface area contributed by atoms with Crippen LogP contribution < -0.4 is 5.32 Å². The summed E-state index contributed by atoms with van der Waals surface area (Å²) in [4.78, 5) is 1.21. The number of hydrogen-bond donors (Lipinski definition) is 2. The first-order chi connectivity index (χ1) is 8.67. The zero-order valence-electron chi connectivity index (χ0n) is 11.1. The number of nitrogens with one attached hydrogen (secondary N) is 1. The topological polar surface area (TPSA) is 32.3 Å². The second-order valence-corrected chi connectivity index (χ2v) is 6.03. The summed E-state index contributed by atoms with van der Waals surface area (Å²) in [7, 11) is 0. The van der Waals surface area contributed by atoms with E-state index in [1.165, 1.54) is 10.5 Å². The average Bonchev–Trinajstić information content (AvgIpc) is 2.38. The van der Waals surface area contributed by atoms with Crippen molar-refractivity contribution < 1.29 is 5.11 Å². The minimum absolute atomic E-state index is 0.233. The van der Waals surface area contributed by atoms with Crippen LogP contribution in [0.1, 0.15) is 25.8 Å². The van der Waals surface area contributed by atoms with E-state index in [-0.39, 0.29) is 6.61 Å².